The first-order valence-corrected chi connectivity index (χ1v) is 10.8. The number of amides is 2. The van der Waals surface area contributed by atoms with Crippen molar-refractivity contribution in [3.8, 4) is 6.07 Å². The van der Waals surface area contributed by atoms with Crippen LogP contribution < -0.4 is 4.90 Å². The molecule has 4 aliphatic rings. The van der Waals surface area contributed by atoms with Crippen molar-refractivity contribution in [3.63, 3.8) is 0 Å². The number of carbonyl (C=O) groups excluding carboxylic acids is 3. The Morgan fingerprint density at radius 1 is 1.24 bits per heavy atom. The molecule has 3 heterocycles. The lowest BCUT2D eigenvalue weighted by atomic mass is 9.64. The van der Waals surface area contributed by atoms with E-state index < -0.39 is 64.0 Å². The van der Waals surface area contributed by atoms with Gasteiger partial charge in [-0.2, -0.15) is 18.4 Å². The lowest BCUT2D eigenvalue weighted by Crippen LogP contribution is -2.49. The number of hydrogen-bond donors (Lipinski definition) is 0. The van der Waals surface area contributed by atoms with Gasteiger partial charge in [-0.05, 0) is 57.2 Å². The predicted molar refractivity (Wildman–Crippen MR) is 105 cm³/mol. The third kappa shape index (κ3) is 3.09. The molecule has 10 heteroatoms. The highest BCUT2D eigenvalue weighted by atomic mass is 19.4. The number of alkyl halides is 3. The molecule has 0 radical (unpaired) electrons. The molecule has 3 aliphatic heterocycles. The molecule has 4 fully saturated rings. The topological polar surface area (TPSA) is 96.7 Å². The van der Waals surface area contributed by atoms with E-state index in [1.54, 1.807) is 13.8 Å². The summed E-state index contributed by atoms with van der Waals surface area (Å²) in [6.45, 7) is 3.56. The Bertz CT molecular complexity index is 1120. The summed E-state index contributed by atoms with van der Waals surface area (Å²) >= 11 is 0. The molecule has 1 aromatic carbocycles. The monoisotopic (exact) mass is 462 g/mol. The number of nitrogens with zero attached hydrogens (tertiary/aromatic N) is 2. The van der Waals surface area contributed by atoms with Crippen LogP contribution in [0.1, 0.15) is 44.2 Å². The molecule has 0 unspecified atom stereocenters. The van der Waals surface area contributed by atoms with Crippen molar-refractivity contribution in [3.05, 3.63) is 29.3 Å². The minimum Gasteiger partial charge on any atom is -0.465 e. The van der Waals surface area contributed by atoms with Gasteiger partial charge in [0.05, 0.1) is 58.4 Å². The second-order valence-electron chi connectivity index (χ2n) is 9.74. The molecule has 0 aromatic heterocycles. The largest absolute Gasteiger partial charge is 0.465 e. The molecule has 2 amide bonds. The number of halogens is 3. The minimum atomic E-state index is -4.83. The summed E-state index contributed by atoms with van der Waals surface area (Å²) in [5.41, 5.74) is -4.51. The first-order chi connectivity index (χ1) is 15.4. The standard InChI is InChI=1S/C23H21F3N2O5/c1-21-8-15(20(31)32-10-11-3-4-11)22(2,33-21)17-16(21)18(29)28(19(17)30)13-6-5-12(9-27)14(7-13)23(24,25)26/h5-7,11,15-17H,3-4,8,10H2,1-2H3/t15-,16+,17-,21-,22-/m1/s1. The molecule has 0 N–H and O–H groups in total. The van der Waals surface area contributed by atoms with Crippen LogP contribution in [0.2, 0.25) is 0 Å². The summed E-state index contributed by atoms with van der Waals surface area (Å²) in [7, 11) is 0. The lowest BCUT2D eigenvalue weighted by Gasteiger charge is -2.33. The fourth-order valence-corrected chi connectivity index (χ4v) is 5.72. The molecule has 7 nitrogen and oxygen atoms in total. The maximum Gasteiger partial charge on any atom is 0.417 e. The Hall–Kier alpha value is -2.93. The lowest BCUT2D eigenvalue weighted by molar-refractivity contribution is -0.157. The van der Waals surface area contributed by atoms with Gasteiger partial charge >= 0.3 is 12.1 Å². The molecular formula is C23H21F3N2O5. The molecule has 2 bridgehead atoms. The number of ether oxygens (including phenoxy) is 2. The highest BCUT2D eigenvalue weighted by Gasteiger charge is 2.77. The molecule has 1 saturated carbocycles. The van der Waals surface area contributed by atoms with Crippen molar-refractivity contribution in [2.75, 3.05) is 11.5 Å². The van der Waals surface area contributed by atoms with E-state index in [2.05, 4.69) is 0 Å². The van der Waals surface area contributed by atoms with E-state index in [-0.39, 0.29) is 12.1 Å². The van der Waals surface area contributed by atoms with Gasteiger partial charge in [0.2, 0.25) is 11.8 Å². The van der Waals surface area contributed by atoms with Gasteiger partial charge in [0.1, 0.15) is 0 Å². The average Bonchev–Trinajstić information content (AvgIpc) is 3.41. The smallest absolute Gasteiger partial charge is 0.417 e. The van der Waals surface area contributed by atoms with Crippen LogP contribution in [0.4, 0.5) is 18.9 Å². The van der Waals surface area contributed by atoms with Crippen LogP contribution >= 0.6 is 0 Å². The van der Waals surface area contributed by atoms with E-state index in [1.807, 2.05) is 0 Å². The normalized spacial score (nSPS) is 35.0. The number of anilines is 1. The summed E-state index contributed by atoms with van der Waals surface area (Å²) in [5, 5.41) is 9.02. The number of hydrogen-bond acceptors (Lipinski definition) is 6. The van der Waals surface area contributed by atoms with E-state index in [9.17, 15) is 27.6 Å². The van der Waals surface area contributed by atoms with Crippen LogP contribution in [0, 0.1) is 35.0 Å². The van der Waals surface area contributed by atoms with Gasteiger partial charge in [-0.1, -0.05) is 0 Å². The molecule has 5 rings (SSSR count). The summed E-state index contributed by atoms with van der Waals surface area (Å²) in [5.74, 6) is -4.21. The minimum absolute atomic E-state index is 0.183. The zero-order chi connectivity index (χ0) is 23.9. The van der Waals surface area contributed by atoms with E-state index in [0.717, 1.165) is 29.9 Å². The fraction of sp³-hybridized carbons (Fsp3) is 0.565. The van der Waals surface area contributed by atoms with Gasteiger partial charge in [-0.25, -0.2) is 4.90 Å². The maximum absolute atomic E-state index is 13.4. The highest BCUT2D eigenvalue weighted by molar-refractivity contribution is 6.23. The van der Waals surface area contributed by atoms with E-state index in [0.29, 0.717) is 18.6 Å². The maximum atomic E-state index is 13.4. The van der Waals surface area contributed by atoms with E-state index in [1.165, 1.54) is 6.07 Å². The molecule has 0 spiro atoms. The van der Waals surface area contributed by atoms with Crippen molar-refractivity contribution in [1.29, 1.82) is 5.26 Å². The van der Waals surface area contributed by atoms with Gasteiger partial charge < -0.3 is 9.47 Å². The molecule has 174 valence electrons. The molecule has 3 saturated heterocycles. The van der Waals surface area contributed by atoms with Crippen LogP contribution in [0.3, 0.4) is 0 Å². The van der Waals surface area contributed by atoms with Crippen molar-refractivity contribution in [2.45, 2.75) is 50.5 Å². The number of fused-ring (bicyclic) bond motifs is 5. The Labute approximate surface area is 187 Å². The molecule has 1 aliphatic carbocycles. The average molecular weight is 462 g/mol. The number of benzene rings is 1. The summed E-state index contributed by atoms with van der Waals surface area (Å²) in [6, 6.07) is 4.22. The van der Waals surface area contributed by atoms with E-state index in [4.69, 9.17) is 14.7 Å². The van der Waals surface area contributed by atoms with Gasteiger partial charge in [-0.3, -0.25) is 14.4 Å². The van der Waals surface area contributed by atoms with Gasteiger partial charge in [0.25, 0.3) is 0 Å². The van der Waals surface area contributed by atoms with Crippen LogP contribution in [0.25, 0.3) is 0 Å². The van der Waals surface area contributed by atoms with Crippen LogP contribution in [-0.2, 0) is 30.0 Å². The quantitative estimate of drug-likeness (QED) is 0.504. The van der Waals surface area contributed by atoms with Crippen molar-refractivity contribution in [2.24, 2.45) is 23.7 Å². The zero-order valence-corrected chi connectivity index (χ0v) is 17.9. The SMILES string of the molecule is C[C@@]12O[C@](C)(C[C@@H]1C(=O)OCC1CC1)[C@@H]1C(=O)N(c3ccc(C#N)c(C(F)(F)F)c3)C(=O)[C@@H]12. The van der Waals surface area contributed by atoms with Gasteiger partial charge in [0, 0.05) is 0 Å². The Kier molecular flexibility index (Phi) is 4.51. The molecule has 1 aromatic rings. The zero-order valence-electron chi connectivity index (χ0n) is 17.9. The number of carbonyl (C=O) groups is 3. The number of rotatable bonds is 4. The molecule has 33 heavy (non-hydrogen) atoms. The number of nitriles is 1. The second kappa shape index (κ2) is 6.79. The van der Waals surface area contributed by atoms with Crippen LogP contribution in [0.15, 0.2) is 18.2 Å². The van der Waals surface area contributed by atoms with E-state index >= 15 is 0 Å². The fourth-order valence-electron chi connectivity index (χ4n) is 5.72. The van der Waals surface area contributed by atoms with Gasteiger partial charge in [-0.15, -0.1) is 0 Å². The molecule has 5 atom stereocenters. The highest BCUT2D eigenvalue weighted by Crippen LogP contribution is 2.63. The molecular weight excluding hydrogens is 441 g/mol. The van der Waals surface area contributed by atoms with Crippen LogP contribution in [-0.4, -0.2) is 35.6 Å². The second-order valence-corrected chi connectivity index (χ2v) is 9.74. The summed E-state index contributed by atoms with van der Waals surface area (Å²) < 4.78 is 51.9. The first-order valence-electron chi connectivity index (χ1n) is 10.8. The van der Waals surface area contributed by atoms with Crippen molar-refractivity contribution in [1.82, 2.24) is 0 Å². The number of esters is 1. The summed E-state index contributed by atoms with van der Waals surface area (Å²) in [4.78, 5) is 40.3. The predicted octanol–water partition coefficient (Wildman–Crippen LogP) is 3.20. The van der Waals surface area contributed by atoms with Gasteiger partial charge in [0.15, 0.2) is 0 Å². The Morgan fingerprint density at radius 3 is 2.52 bits per heavy atom. The Balaban J connectivity index is 1.49. The number of imide groups is 1. The third-order valence-corrected chi connectivity index (χ3v) is 7.47. The third-order valence-electron chi connectivity index (χ3n) is 7.47. The van der Waals surface area contributed by atoms with Crippen LogP contribution in [0.5, 0.6) is 0 Å². The van der Waals surface area contributed by atoms with Crippen molar-refractivity contribution < 1.29 is 37.0 Å². The summed E-state index contributed by atoms with van der Waals surface area (Å²) in [6.07, 6.45) is -2.65. The van der Waals surface area contributed by atoms with Crippen molar-refractivity contribution >= 4 is 23.5 Å². The first kappa shape index (κ1) is 21.9. The Morgan fingerprint density at radius 2 is 1.91 bits per heavy atom.